The molecule has 0 amide bonds. The zero-order valence-electron chi connectivity index (χ0n) is 12.6. The number of rotatable bonds is 5. The molecule has 0 aromatic heterocycles. The first kappa shape index (κ1) is 17.3. The van der Waals surface area contributed by atoms with Crippen LogP contribution in [0, 0.1) is 0 Å². The Kier molecular flexibility index (Phi) is 7.34. The molecule has 0 bridgehead atoms. The molecule has 2 atom stereocenters. The molecule has 2 N–H and O–H groups in total. The van der Waals surface area contributed by atoms with Gasteiger partial charge >= 0.3 is 0 Å². The maximum atomic E-state index is 4.72. The average molecular weight is 387 g/mol. The molecule has 0 saturated heterocycles. The topological polar surface area (TPSA) is 36.4 Å². The van der Waals surface area contributed by atoms with E-state index in [1.54, 1.807) is 0 Å². The normalized spacial score (nSPS) is 18.4. The van der Waals surface area contributed by atoms with Gasteiger partial charge in [-0.1, -0.05) is 31.2 Å². The fourth-order valence-corrected chi connectivity index (χ4v) is 2.38. The molecule has 20 heavy (non-hydrogen) atoms. The molecule has 1 aliphatic carbocycles. The van der Waals surface area contributed by atoms with Crippen LogP contribution in [0.4, 0.5) is 0 Å². The Balaban J connectivity index is 0.00000200. The van der Waals surface area contributed by atoms with Crippen LogP contribution in [0.3, 0.4) is 0 Å². The van der Waals surface area contributed by atoms with Gasteiger partial charge in [0.1, 0.15) is 0 Å². The quantitative estimate of drug-likeness (QED) is 0.462. The van der Waals surface area contributed by atoms with Gasteiger partial charge in [-0.3, -0.25) is 4.99 Å². The van der Waals surface area contributed by atoms with Crippen LogP contribution in [0.25, 0.3) is 0 Å². The van der Waals surface area contributed by atoms with Crippen molar-refractivity contribution in [2.75, 3.05) is 13.1 Å². The van der Waals surface area contributed by atoms with Gasteiger partial charge in [-0.15, -0.1) is 24.0 Å². The van der Waals surface area contributed by atoms with Gasteiger partial charge in [0.15, 0.2) is 5.96 Å². The molecule has 2 unspecified atom stereocenters. The lowest BCUT2D eigenvalue weighted by Crippen LogP contribution is -2.42. The summed E-state index contributed by atoms with van der Waals surface area (Å²) in [5.41, 5.74) is 2.97. The van der Waals surface area contributed by atoms with Gasteiger partial charge in [-0.25, -0.2) is 0 Å². The number of nitrogens with zero attached hydrogens (tertiary/aromatic N) is 1. The zero-order valence-corrected chi connectivity index (χ0v) is 15.0. The van der Waals surface area contributed by atoms with Crippen LogP contribution in [0.15, 0.2) is 29.3 Å². The summed E-state index contributed by atoms with van der Waals surface area (Å²) in [6.07, 6.45) is 2.28. The number of hydrogen-bond donors (Lipinski definition) is 2. The predicted octanol–water partition coefficient (Wildman–Crippen LogP) is 3.30. The lowest BCUT2D eigenvalue weighted by atomic mass is 9.78. The van der Waals surface area contributed by atoms with E-state index in [9.17, 15) is 0 Å². The summed E-state index contributed by atoms with van der Waals surface area (Å²) in [6.45, 7) is 8.26. The third kappa shape index (κ3) is 4.36. The van der Waals surface area contributed by atoms with Gasteiger partial charge in [0.2, 0.25) is 0 Å². The van der Waals surface area contributed by atoms with Crippen LogP contribution in [0.2, 0.25) is 0 Å². The van der Waals surface area contributed by atoms with Crippen molar-refractivity contribution in [2.45, 2.75) is 45.6 Å². The molecule has 4 heteroatoms. The molecule has 0 spiro atoms. The molecule has 1 aromatic rings. The molecular formula is C16H26IN3. The van der Waals surface area contributed by atoms with Gasteiger partial charge in [-0.2, -0.15) is 0 Å². The second kappa shape index (κ2) is 8.49. The molecule has 1 aliphatic rings. The van der Waals surface area contributed by atoms with E-state index in [0.29, 0.717) is 12.0 Å². The third-order valence-electron chi connectivity index (χ3n) is 3.77. The van der Waals surface area contributed by atoms with E-state index >= 15 is 0 Å². The first-order chi connectivity index (χ1) is 9.24. The predicted molar refractivity (Wildman–Crippen MR) is 97.2 cm³/mol. The van der Waals surface area contributed by atoms with Crippen molar-refractivity contribution in [1.29, 1.82) is 0 Å². The number of benzene rings is 1. The van der Waals surface area contributed by atoms with Gasteiger partial charge in [0.05, 0.1) is 0 Å². The standard InChI is InChI=1S/C16H25N3.HI/c1-4-12(3)19-16(17-5-2)18-11-14-10-13-8-6-7-9-15(13)14;/h6-9,12,14H,4-5,10-11H2,1-3H3,(H2,17,18,19);1H. The monoisotopic (exact) mass is 387 g/mol. The van der Waals surface area contributed by atoms with Crippen molar-refractivity contribution < 1.29 is 0 Å². The van der Waals surface area contributed by atoms with Gasteiger partial charge in [0, 0.05) is 25.0 Å². The average Bonchev–Trinajstić information content (AvgIpc) is 2.39. The van der Waals surface area contributed by atoms with Crippen molar-refractivity contribution in [1.82, 2.24) is 10.6 Å². The SMILES string of the molecule is CCNC(=NCC1Cc2ccccc21)NC(C)CC.I. The summed E-state index contributed by atoms with van der Waals surface area (Å²) in [5, 5.41) is 6.75. The van der Waals surface area contributed by atoms with E-state index in [4.69, 9.17) is 4.99 Å². The van der Waals surface area contributed by atoms with Crippen LogP contribution in [-0.4, -0.2) is 25.1 Å². The number of aliphatic imine (C=N–C) groups is 1. The van der Waals surface area contributed by atoms with Crippen LogP contribution in [0.1, 0.15) is 44.2 Å². The third-order valence-corrected chi connectivity index (χ3v) is 3.77. The summed E-state index contributed by atoms with van der Waals surface area (Å²) in [4.78, 5) is 4.72. The Bertz CT molecular complexity index is 445. The number of fused-ring (bicyclic) bond motifs is 1. The van der Waals surface area contributed by atoms with Gasteiger partial charge in [-0.05, 0) is 37.8 Å². The highest BCUT2D eigenvalue weighted by atomic mass is 127. The van der Waals surface area contributed by atoms with E-state index < -0.39 is 0 Å². The Morgan fingerprint density at radius 1 is 1.35 bits per heavy atom. The molecule has 3 nitrogen and oxygen atoms in total. The maximum absolute atomic E-state index is 4.72. The zero-order chi connectivity index (χ0) is 13.7. The highest BCUT2D eigenvalue weighted by Gasteiger charge is 2.24. The van der Waals surface area contributed by atoms with Crippen molar-refractivity contribution in [3.8, 4) is 0 Å². The highest BCUT2D eigenvalue weighted by molar-refractivity contribution is 14.0. The fourth-order valence-electron chi connectivity index (χ4n) is 2.38. The second-order valence-corrected chi connectivity index (χ2v) is 5.27. The summed E-state index contributed by atoms with van der Waals surface area (Å²) in [5.74, 6) is 1.55. The first-order valence-corrected chi connectivity index (χ1v) is 7.37. The molecule has 0 aliphatic heterocycles. The smallest absolute Gasteiger partial charge is 0.191 e. The Hall–Kier alpha value is -0.780. The fraction of sp³-hybridized carbons (Fsp3) is 0.562. The molecule has 0 fully saturated rings. The largest absolute Gasteiger partial charge is 0.357 e. The molecule has 2 rings (SSSR count). The van der Waals surface area contributed by atoms with Crippen LogP contribution in [-0.2, 0) is 6.42 Å². The first-order valence-electron chi connectivity index (χ1n) is 7.37. The molecule has 0 radical (unpaired) electrons. The van der Waals surface area contributed by atoms with E-state index in [1.807, 2.05) is 0 Å². The van der Waals surface area contributed by atoms with Crippen LogP contribution in [0.5, 0.6) is 0 Å². The number of guanidine groups is 1. The van der Waals surface area contributed by atoms with Crippen molar-refractivity contribution in [2.24, 2.45) is 4.99 Å². The summed E-state index contributed by atoms with van der Waals surface area (Å²) in [6, 6.07) is 9.16. The lowest BCUT2D eigenvalue weighted by molar-refractivity contribution is 0.598. The lowest BCUT2D eigenvalue weighted by Gasteiger charge is -2.29. The summed E-state index contributed by atoms with van der Waals surface area (Å²) < 4.78 is 0. The maximum Gasteiger partial charge on any atom is 0.191 e. The minimum Gasteiger partial charge on any atom is -0.357 e. The highest BCUT2D eigenvalue weighted by Crippen LogP contribution is 2.34. The van der Waals surface area contributed by atoms with Crippen molar-refractivity contribution in [3.05, 3.63) is 35.4 Å². The Morgan fingerprint density at radius 3 is 2.75 bits per heavy atom. The van der Waals surface area contributed by atoms with E-state index in [1.165, 1.54) is 17.5 Å². The number of hydrogen-bond acceptors (Lipinski definition) is 1. The number of halogens is 1. The summed E-state index contributed by atoms with van der Waals surface area (Å²) in [7, 11) is 0. The Morgan fingerprint density at radius 2 is 2.10 bits per heavy atom. The molecule has 112 valence electrons. The van der Waals surface area contributed by atoms with Crippen molar-refractivity contribution in [3.63, 3.8) is 0 Å². The summed E-state index contributed by atoms with van der Waals surface area (Å²) >= 11 is 0. The minimum absolute atomic E-state index is 0. The van der Waals surface area contributed by atoms with Gasteiger partial charge < -0.3 is 10.6 Å². The molecular weight excluding hydrogens is 361 g/mol. The van der Waals surface area contributed by atoms with Gasteiger partial charge in [0.25, 0.3) is 0 Å². The molecule has 1 aromatic carbocycles. The molecule has 0 saturated carbocycles. The van der Waals surface area contributed by atoms with E-state index in [-0.39, 0.29) is 24.0 Å². The Labute approximate surface area is 139 Å². The van der Waals surface area contributed by atoms with Crippen LogP contribution >= 0.6 is 24.0 Å². The minimum atomic E-state index is 0. The van der Waals surface area contributed by atoms with E-state index in [2.05, 4.69) is 55.7 Å². The second-order valence-electron chi connectivity index (χ2n) is 5.27. The number of nitrogens with one attached hydrogen (secondary N) is 2. The van der Waals surface area contributed by atoms with E-state index in [0.717, 1.165) is 25.5 Å². The van der Waals surface area contributed by atoms with Crippen molar-refractivity contribution >= 4 is 29.9 Å². The van der Waals surface area contributed by atoms with Crippen LogP contribution < -0.4 is 10.6 Å². The molecule has 0 heterocycles.